The van der Waals surface area contributed by atoms with Gasteiger partial charge in [-0.25, -0.2) is 9.97 Å². The second-order valence-electron chi connectivity index (χ2n) is 10.8. The van der Waals surface area contributed by atoms with Crippen LogP contribution in [0.4, 0.5) is 0 Å². The quantitative estimate of drug-likeness (QED) is 0.195. The van der Waals surface area contributed by atoms with E-state index in [2.05, 4.69) is 95.3 Å². The predicted octanol–water partition coefficient (Wildman–Crippen LogP) is 9.30. The monoisotopic (exact) mass is 640 g/mol. The molecule has 0 atom stereocenters. The zero-order chi connectivity index (χ0) is 28.6. The molecule has 5 rings (SSSR count). The van der Waals surface area contributed by atoms with Crippen LogP contribution in [0.15, 0.2) is 12.1 Å². The first-order valence-electron chi connectivity index (χ1n) is 15.7. The molecular weight excluding hydrogens is 595 g/mol. The van der Waals surface area contributed by atoms with Gasteiger partial charge in [-0.15, -0.1) is 0 Å². The third-order valence-corrected chi connectivity index (χ3v) is 8.90. The molecule has 41 heavy (non-hydrogen) atoms. The van der Waals surface area contributed by atoms with Gasteiger partial charge in [0, 0.05) is 60.3 Å². The molecule has 5 heterocycles. The van der Waals surface area contributed by atoms with Crippen LogP contribution in [0.2, 0.25) is 0 Å². The van der Waals surface area contributed by atoms with Crippen molar-refractivity contribution in [3.05, 3.63) is 68.3 Å². The van der Waals surface area contributed by atoms with Crippen molar-refractivity contribution < 1.29 is 20.4 Å². The second-order valence-corrected chi connectivity index (χ2v) is 10.8. The first kappa shape index (κ1) is 31.2. The van der Waals surface area contributed by atoms with Crippen LogP contribution in [-0.2, 0) is 65.5 Å². The number of aromatic amines is 1. The number of H-pyrrole nitrogens is 1. The average molecular weight is 641 g/mol. The minimum atomic E-state index is 0. The summed E-state index contributed by atoms with van der Waals surface area (Å²) in [5, 5.41) is 0. The maximum atomic E-state index is 5.45. The molecule has 3 aromatic rings. The van der Waals surface area contributed by atoms with Gasteiger partial charge < -0.3 is 9.55 Å². The summed E-state index contributed by atoms with van der Waals surface area (Å²) in [4.78, 5) is 14.5. The summed E-state index contributed by atoms with van der Waals surface area (Å²) in [7, 11) is 0. The average Bonchev–Trinajstić information content (AvgIpc) is 3.77. The van der Waals surface area contributed by atoms with Crippen molar-refractivity contribution in [1.82, 2.24) is 19.5 Å². The van der Waals surface area contributed by atoms with Crippen molar-refractivity contribution in [2.75, 3.05) is 0 Å². The number of fused-ring (bicyclic) bond motifs is 8. The van der Waals surface area contributed by atoms with E-state index in [-0.39, 0.29) is 20.4 Å². The van der Waals surface area contributed by atoms with Gasteiger partial charge in [0.2, 0.25) is 0 Å². The van der Waals surface area contributed by atoms with Crippen molar-refractivity contribution in [2.45, 2.75) is 107 Å². The molecule has 8 bridgehead atoms. The van der Waals surface area contributed by atoms with Gasteiger partial charge in [-0.05, 0) is 98.9 Å². The molecule has 5 heteroatoms. The third kappa shape index (κ3) is 5.11. The van der Waals surface area contributed by atoms with Gasteiger partial charge in [-0.2, -0.15) is 0 Å². The molecule has 1 N–H and O–H groups in total. The standard InChI is InChI=1S/C36H46N4.Pd/c1-9-22-21-33-26(13-5)31-18-17-29(37-31)25(12-4)30-19-20-32(38-30)27(14-6)35-23(10-2)24(11-3)36(40(35)16-8)28(15-7)34(22)39-33;/h17-21,37H,9-16H2,1-8H3;. The fourth-order valence-corrected chi connectivity index (χ4v) is 7.02. The van der Waals surface area contributed by atoms with Gasteiger partial charge in [0.25, 0.3) is 0 Å². The van der Waals surface area contributed by atoms with Crippen molar-refractivity contribution in [3.63, 3.8) is 0 Å². The summed E-state index contributed by atoms with van der Waals surface area (Å²) >= 11 is 0. The van der Waals surface area contributed by atoms with Crippen LogP contribution < -0.4 is 0 Å². The fraction of sp³-hybridized carbons (Fsp3) is 0.444. The number of nitrogens with one attached hydrogen (secondary N) is 1. The Balaban J connectivity index is 0.00000387. The van der Waals surface area contributed by atoms with Crippen LogP contribution in [0.25, 0.3) is 45.9 Å². The first-order chi connectivity index (χ1) is 19.5. The molecule has 4 nitrogen and oxygen atoms in total. The molecule has 2 aliphatic rings. The van der Waals surface area contributed by atoms with Crippen LogP contribution in [-0.4, -0.2) is 19.5 Å². The third-order valence-electron chi connectivity index (χ3n) is 8.90. The van der Waals surface area contributed by atoms with Crippen molar-refractivity contribution in [2.24, 2.45) is 0 Å². The van der Waals surface area contributed by atoms with E-state index in [1.54, 1.807) is 0 Å². The van der Waals surface area contributed by atoms with E-state index < -0.39 is 0 Å². The maximum Gasteiger partial charge on any atom is 0.0722 e. The van der Waals surface area contributed by atoms with Crippen molar-refractivity contribution >= 4 is 45.9 Å². The number of aryl methyl sites for hydroxylation is 7. The van der Waals surface area contributed by atoms with Gasteiger partial charge >= 0.3 is 0 Å². The molecule has 220 valence electrons. The van der Waals surface area contributed by atoms with Crippen molar-refractivity contribution in [3.8, 4) is 0 Å². The minimum absolute atomic E-state index is 0. The van der Waals surface area contributed by atoms with E-state index in [1.807, 2.05) is 0 Å². The SMILES string of the molecule is CCC1=Cc2nc1c(CC)c1c(CC)c(CC)c(c(CC)c3nc(c(CC)c4ccc([nH]4)c2CC)C=C3)n1CC.[Pd]. The molecule has 0 amide bonds. The summed E-state index contributed by atoms with van der Waals surface area (Å²) in [6, 6.07) is 4.46. The number of rotatable bonds is 8. The molecule has 3 aromatic heterocycles. The summed E-state index contributed by atoms with van der Waals surface area (Å²) < 4.78 is 2.61. The van der Waals surface area contributed by atoms with Gasteiger partial charge in [0.1, 0.15) is 0 Å². The van der Waals surface area contributed by atoms with E-state index in [9.17, 15) is 0 Å². The Bertz CT molecular complexity index is 1680. The predicted molar refractivity (Wildman–Crippen MR) is 174 cm³/mol. The first-order valence-corrected chi connectivity index (χ1v) is 15.7. The van der Waals surface area contributed by atoms with E-state index in [4.69, 9.17) is 9.97 Å². The summed E-state index contributed by atoms with van der Waals surface area (Å²) in [6.07, 6.45) is 13.6. The van der Waals surface area contributed by atoms with Crippen molar-refractivity contribution in [1.29, 1.82) is 0 Å². The minimum Gasteiger partial charge on any atom is -0.355 e. The van der Waals surface area contributed by atoms with E-state index >= 15 is 0 Å². The van der Waals surface area contributed by atoms with Crippen LogP contribution in [0.5, 0.6) is 0 Å². The Hall–Kier alpha value is -2.74. The van der Waals surface area contributed by atoms with Gasteiger partial charge in [0.15, 0.2) is 0 Å². The number of aromatic nitrogens is 4. The fourth-order valence-electron chi connectivity index (χ4n) is 7.02. The van der Waals surface area contributed by atoms with Crippen LogP contribution in [0, 0.1) is 0 Å². The Labute approximate surface area is 260 Å². The summed E-state index contributed by atoms with van der Waals surface area (Å²) in [5.74, 6) is 0. The van der Waals surface area contributed by atoms with Crippen LogP contribution in [0.3, 0.4) is 0 Å². The smallest absolute Gasteiger partial charge is 0.0722 e. The molecular formula is C36H46N4Pd. The number of allylic oxidation sites excluding steroid dienone is 1. The Morgan fingerprint density at radius 3 is 1.54 bits per heavy atom. The molecule has 0 saturated heterocycles. The molecule has 0 radical (unpaired) electrons. The largest absolute Gasteiger partial charge is 0.355 e. The summed E-state index contributed by atoms with van der Waals surface area (Å²) in [6.45, 7) is 19.2. The molecule has 0 unspecified atom stereocenters. The van der Waals surface area contributed by atoms with E-state index in [0.29, 0.717) is 0 Å². The number of hydrogen-bond donors (Lipinski definition) is 1. The molecule has 0 aliphatic carbocycles. The molecule has 0 fully saturated rings. The Morgan fingerprint density at radius 2 is 1.05 bits per heavy atom. The number of nitrogens with zero attached hydrogens (tertiary/aromatic N) is 3. The Kier molecular flexibility index (Phi) is 9.94. The summed E-state index contributed by atoms with van der Waals surface area (Å²) in [5.41, 5.74) is 19.2. The van der Waals surface area contributed by atoms with Crippen LogP contribution in [0.1, 0.15) is 118 Å². The van der Waals surface area contributed by atoms with Gasteiger partial charge in [0.05, 0.1) is 33.8 Å². The zero-order valence-corrected chi connectivity index (χ0v) is 27.8. The molecule has 0 spiro atoms. The normalized spacial score (nSPS) is 12.5. The maximum absolute atomic E-state index is 5.45. The molecule has 2 aliphatic heterocycles. The van der Waals surface area contributed by atoms with Gasteiger partial charge in [-0.3, -0.25) is 0 Å². The molecule has 0 aromatic carbocycles. The molecule has 0 saturated carbocycles. The zero-order valence-electron chi connectivity index (χ0n) is 26.2. The van der Waals surface area contributed by atoms with E-state index in [0.717, 1.165) is 79.6 Å². The second kappa shape index (κ2) is 13.1. The Morgan fingerprint density at radius 1 is 0.561 bits per heavy atom. The van der Waals surface area contributed by atoms with E-state index in [1.165, 1.54) is 55.7 Å². The van der Waals surface area contributed by atoms with Crippen LogP contribution >= 0.6 is 0 Å². The topological polar surface area (TPSA) is 46.5 Å². The number of hydrogen-bond acceptors (Lipinski definition) is 2. The van der Waals surface area contributed by atoms with Gasteiger partial charge in [-0.1, -0.05) is 48.5 Å².